The molecule has 0 rings (SSSR count). The summed E-state index contributed by atoms with van der Waals surface area (Å²) in [4.78, 5) is 21.8. The van der Waals surface area contributed by atoms with Crippen LogP contribution in [0.5, 0.6) is 0 Å². The fourth-order valence-electron chi connectivity index (χ4n) is 1.99. The van der Waals surface area contributed by atoms with Crippen molar-refractivity contribution in [2.24, 2.45) is 5.73 Å². The van der Waals surface area contributed by atoms with E-state index < -0.39 is 5.91 Å². The van der Waals surface area contributed by atoms with E-state index in [0.717, 1.165) is 6.42 Å². The first-order valence-corrected chi connectivity index (χ1v) is 7.71. The molecule has 0 heterocycles. The van der Waals surface area contributed by atoms with Crippen LogP contribution in [-0.4, -0.2) is 18.4 Å². The SMILES string of the molecule is CCCCCCCCCCCNC(=O)CCC(N)=O. The third kappa shape index (κ3) is 14.9. The Labute approximate surface area is 117 Å². The average Bonchev–Trinajstić information content (AvgIpc) is 2.38. The van der Waals surface area contributed by atoms with Gasteiger partial charge in [0.2, 0.25) is 11.8 Å². The second kappa shape index (κ2) is 13.4. The molecule has 0 unspecified atom stereocenters. The molecule has 3 N–H and O–H groups in total. The lowest BCUT2D eigenvalue weighted by atomic mass is 10.1. The molecular weight excluding hydrogens is 240 g/mol. The van der Waals surface area contributed by atoms with Crippen molar-refractivity contribution in [1.82, 2.24) is 5.32 Å². The zero-order valence-corrected chi connectivity index (χ0v) is 12.4. The maximum absolute atomic E-state index is 11.3. The minimum atomic E-state index is -0.418. The van der Waals surface area contributed by atoms with Crippen LogP contribution in [0.15, 0.2) is 0 Å². The van der Waals surface area contributed by atoms with Gasteiger partial charge in [0, 0.05) is 19.4 Å². The van der Waals surface area contributed by atoms with E-state index in [4.69, 9.17) is 5.73 Å². The Morgan fingerprint density at radius 3 is 1.89 bits per heavy atom. The van der Waals surface area contributed by atoms with E-state index in [2.05, 4.69) is 12.2 Å². The van der Waals surface area contributed by atoms with Gasteiger partial charge in [0.05, 0.1) is 0 Å². The molecule has 0 aliphatic rings. The average molecular weight is 270 g/mol. The van der Waals surface area contributed by atoms with Crippen molar-refractivity contribution in [2.45, 2.75) is 77.6 Å². The molecule has 2 amide bonds. The first-order chi connectivity index (χ1) is 9.16. The first-order valence-electron chi connectivity index (χ1n) is 7.71. The van der Waals surface area contributed by atoms with Gasteiger partial charge in [-0.25, -0.2) is 0 Å². The molecule has 0 spiro atoms. The number of carbonyl (C=O) groups excluding carboxylic acids is 2. The minimum absolute atomic E-state index is 0.0710. The Hall–Kier alpha value is -1.06. The van der Waals surface area contributed by atoms with Crippen LogP contribution in [-0.2, 0) is 9.59 Å². The summed E-state index contributed by atoms with van der Waals surface area (Å²) in [5.74, 6) is -0.489. The second-order valence-electron chi connectivity index (χ2n) is 5.14. The summed E-state index contributed by atoms with van der Waals surface area (Å²) >= 11 is 0. The van der Waals surface area contributed by atoms with Gasteiger partial charge < -0.3 is 11.1 Å². The lowest BCUT2D eigenvalue weighted by Gasteiger charge is -2.04. The van der Waals surface area contributed by atoms with Gasteiger partial charge >= 0.3 is 0 Å². The fourth-order valence-corrected chi connectivity index (χ4v) is 1.99. The molecule has 4 nitrogen and oxygen atoms in total. The van der Waals surface area contributed by atoms with E-state index in [0.29, 0.717) is 6.54 Å². The number of hydrogen-bond acceptors (Lipinski definition) is 2. The topological polar surface area (TPSA) is 72.2 Å². The van der Waals surface area contributed by atoms with Crippen LogP contribution in [0.2, 0.25) is 0 Å². The molecule has 0 fully saturated rings. The van der Waals surface area contributed by atoms with Gasteiger partial charge in [-0.1, -0.05) is 58.3 Å². The van der Waals surface area contributed by atoms with Gasteiger partial charge in [0.15, 0.2) is 0 Å². The Morgan fingerprint density at radius 1 is 0.842 bits per heavy atom. The molecule has 0 saturated carbocycles. The fraction of sp³-hybridized carbons (Fsp3) is 0.867. The second-order valence-corrected chi connectivity index (χ2v) is 5.14. The lowest BCUT2D eigenvalue weighted by molar-refractivity contribution is -0.125. The zero-order chi connectivity index (χ0) is 14.3. The number of nitrogens with two attached hydrogens (primary N) is 1. The van der Waals surface area contributed by atoms with Gasteiger partial charge in [-0.05, 0) is 6.42 Å². The Bertz CT molecular complexity index is 242. The summed E-state index contributed by atoms with van der Waals surface area (Å²) in [5, 5.41) is 2.81. The predicted octanol–water partition coefficient (Wildman–Crippen LogP) is 2.90. The molecule has 0 bridgehead atoms. The molecule has 0 atom stereocenters. The van der Waals surface area contributed by atoms with Gasteiger partial charge in [-0.2, -0.15) is 0 Å². The number of unbranched alkanes of at least 4 members (excludes halogenated alkanes) is 8. The highest BCUT2D eigenvalue weighted by Gasteiger charge is 2.02. The minimum Gasteiger partial charge on any atom is -0.370 e. The van der Waals surface area contributed by atoms with Crippen LogP contribution < -0.4 is 11.1 Å². The van der Waals surface area contributed by atoms with Crippen LogP contribution in [0.25, 0.3) is 0 Å². The summed E-state index contributed by atoms with van der Waals surface area (Å²) in [7, 11) is 0. The molecular formula is C15H30N2O2. The summed E-state index contributed by atoms with van der Waals surface area (Å²) in [6.07, 6.45) is 11.8. The van der Waals surface area contributed by atoms with E-state index in [9.17, 15) is 9.59 Å². The first kappa shape index (κ1) is 17.9. The van der Waals surface area contributed by atoms with Crippen LogP contribution >= 0.6 is 0 Å². The Kier molecular flexibility index (Phi) is 12.6. The highest BCUT2D eigenvalue weighted by Crippen LogP contribution is 2.09. The molecule has 19 heavy (non-hydrogen) atoms. The summed E-state index contributed by atoms with van der Waals surface area (Å²) in [5.41, 5.74) is 4.98. The molecule has 0 saturated heterocycles. The number of rotatable bonds is 13. The maximum Gasteiger partial charge on any atom is 0.220 e. The molecule has 4 heteroatoms. The van der Waals surface area contributed by atoms with Gasteiger partial charge in [-0.3, -0.25) is 9.59 Å². The molecule has 0 aromatic rings. The van der Waals surface area contributed by atoms with Gasteiger partial charge in [0.1, 0.15) is 0 Å². The van der Waals surface area contributed by atoms with Crippen LogP contribution in [0, 0.1) is 0 Å². The van der Waals surface area contributed by atoms with Crippen molar-refractivity contribution in [3.8, 4) is 0 Å². The van der Waals surface area contributed by atoms with E-state index in [-0.39, 0.29) is 18.7 Å². The third-order valence-corrected chi connectivity index (χ3v) is 3.20. The Morgan fingerprint density at radius 2 is 1.37 bits per heavy atom. The summed E-state index contributed by atoms with van der Waals surface area (Å²) in [6.45, 7) is 2.95. The number of primary amides is 1. The van der Waals surface area contributed by atoms with Crippen molar-refractivity contribution in [2.75, 3.05) is 6.54 Å². The van der Waals surface area contributed by atoms with E-state index in [1.54, 1.807) is 0 Å². The smallest absolute Gasteiger partial charge is 0.220 e. The van der Waals surface area contributed by atoms with Crippen molar-refractivity contribution in [1.29, 1.82) is 0 Å². The Balaban J connectivity index is 3.13. The predicted molar refractivity (Wildman–Crippen MR) is 78.7 cm³/mol. The van der Waals surface area contributed by atoms with Crippen molar-refractivity contribution in [3.63, 3.8) is 0 Å². The highest BCUT2D eigenvalue weighted by atomic mass is 16.2. The third-order valence-electron chi connectivity index (χ3n) is 3.20. The van der Waals surface area contributed by atoms with Gasteiger partial charge in [0.25, 0.3) is 0 Å². The van der Waals surface area contributed by atoms with Crippen LogP contribution in [0.4, 0.5) is 0 Å². The summed E-state index contributed by atoms with van der Waals surface area (Å²) < 4.78 is 0. The lowest BCUT2D eigenvalue weighted by Crippen LogP contribution is -2.25. The molecule has 112 valence electrons. The monoisotopic (exact) mass is 270 g/mol. The van der Waals surface area contributed by atoms with E-state index in [1.807, 2.05) is 0 Å². The normalized spacial score (nSPS) is 10.4. The van der Waals surface area contributed by atoms with Crippen LogP contribution in [0.3, 0.4) is 0 Å². The number of hydrogen-bond donors (Lipinski definition) is 2. The maximum atomic E-state index is 11.3. The number of carbonyl (C=O) groups is 2. The molecule has 0 aromatic heterocycles. The standard InChI is InChI=1S/C15H30N2O2/c1-2-3-4-5-6-7-8-9-10-13-17-15(19)12-11-14(16)18/h2-13H2,1H3,(H2,16,18)(H,17,19). The molecule has 0 radical (unpaired) electrons. The van der Waals surface area contributed by atoms with Crippen molar-refractivity contribution >= 4 is 11.8 Å². The van der Waals surface area contributed by atoms with Crippen molar-refractivity contribution in [3.05, 3.63) is 0 Å². The van der Waals surface area contributed by atoms with Gasteiger partial charge in [-0.15, -0.1) is 0 Å². The zero-order valence-electron chi connectivity index (χ0n) is 12.4. The number of amides is 2. The summed E-state index contributed by atoms with van der Waals surface area (Å²) in [6, 6.07) is 0. The molecule has 0 aliphatic heterocycles. The van der Waals surface area contributed by atoms with E-state index >= 15 is 0 Å². The molecule has 0 aromatic carbocycles. The highest BCUT2D eigenvalue weighted by molar-refractivity contribution is 5.82. The van der Waals surface area contributed by atoms with Crippen LogP contribution in [0.1, 0.15) is 77.6 Å². The molecule has 0 aliphatic carbocycles. The largest absolute Gasteiger partial charge is 0.370 e. The van der Waals surface area contributed by atoms with Crippen molar-refractivity contribution < 1.29 is 9.59 Å². The quantitative estimate of drug-likeness (QED) is 0.505. The number of nitrogens with one attached hydrogen (secondary N) is 1. The van der Waals surface area contributed by atoms with E-state index in [1.165, 1.54) is 51.4 Å².